The number of ether oxygens (including phenoxy) is 4. The molecule has 0 atom stereocenters. The predicted molar refractivity (Wildman–Crippen MR) is 126 cm³/mol. The van der Waals surface area contributed by atoms with Crippen molar-refractivity contribution in [3.05, 3.63) is 46.4 Å². The Labute approximate surface area is 192 Å². The summed E-state index contributed by atoms with van der Waals surface area (Å²) < 4.78 is 24.0. The number of H-pyrrole nitrogens is 1. The van der Waals surface area contributed by atoms with Crippen molar-refractivity contribution in [3.63, 3.8) is 0 Å². The monoisotopic (exact) mass is 454 g/mol. The molecule has 0 saturated carbocycles. The van der Waals surface area contributed by atoms with Crippen molar-refractivity contribution in [2.75, 3.05) is 52.5 Å². The summed E-state index contributed by atoms with van der Waals surface area (Å²) in [5, 5.41) is 6.92. The highest BCUT2D eigenvalue weighted by molar-refractivity contribution is 5.76. The second-order valence-corrected chi connectivity index (χ2v) is 8.07. The zero-order valence-electron chi connectivity index (χ0n) is 19.7. The largest absolute Gasteiger partial charge is 0.492 e. The van der Waals surface area contributed by atoms with Crippen LogP contribution < -0.4 is 24.8 Å². The van der Waals surface area contributed by atoms with Crippen LogP contribution in [0.15, 0.2) is 35.1 Å². The van der Waals surface area contributed by atoms with Gasteiger partial charge >= 0.3 is 5.69 Å². The molecule has 2 heterocycles. The molecule has 1 aliphatic rings. The molecule has 0 radical (unpaired) electrons. The number of aromatic nitrogens is 3. The number of aromatic amines is 1. The van der Waals surface area contributed by atoms with Crippen LogP contribution in [-0.2, 0) is 4.74 Å². The lowest BCUT2D eigenvalue weighted by molar-refractivity contribution is 0.122. The van der Waals surface area contributed by atoms with Crippen LogP contribution >= 0.6 is 0 Å². The van der Waals surface area contributed by atoms with Gasteiger partial charge in [-0.05, 0) is 36.2 Å². The average Bonchev–Trinajstić information content (AvgIpc) is 3.24. The first kappa shape index (κ1) is 22.7. The smallest absolute Gasteiger partial charge is 0.348 e. The molecule has 9 nitrogen and oxygen atoms in total. The molecule has 0 unspecified atom stereocenters. The van der Waals surface area contributed by atoms with Gasteiger partial charge in [-0.25, -0.2) is 14.5 Å². The van der Waals surface area contributed by atoms with Crippen LogP contribution in [0.1, 0.15) is 25.3 Å². The minimum atomic E-state index is -0.341. The van der Waals surface area contributed by atoms with Crippen LogP contribution in [0.2, 0.25) is 0 Å². The normalized spacial score (nSPS) is 13.9. The Morgan fingerprint density at radius 3 is 2.12 bits per heavy atom. The fourth-order valence-corrected chi connectivity index (χ4v) is 4.19. The third-order valence-electron chi connectivity index (χ3n) is 5.85. The fraction of sp³-hybridized carbons (Fsp3) is 0.417. The first-order chi connectivity index (χ1) is 16.0. The molecule has 9 heteroatoms. The lowest BCUT2D eigenvalue weighted by atomic mass is 9.97. The van der Waals surface area contributed by atoms with E-state index in [1.54, 1.807) is 21.3 Å². The topological polar surface area (TPSA) is 90.8 Å². The van der Waals surface area contributed by atoms with E-state index in [9.17, 15) is 4.79 Å². The lowest BCUT2D eigenvalue weighted by Gasteiger charge is -2.28. The highest BCUT2D eigenvalue weighted by Crippen LogP contribution is 2.48. The lowest BCUT2D eigenvalue weighted by Crippen LogP contribution is -2.36. The average molecular weight is 455 g/mol. The number of morpholine rings is 1. The van der Waals surface area contributed by atoms with Crippen LogP contribution in [0.3, 0.4) is 0 Å². The number of nitrogens with zero attached hydrogens (tertiary/aromatic N) is 3. The van der Waals surface area contributed by atoms with Gasteiger partial charge in [0.25, 0.3) is 0 Å². The van der Waals surface area contributed by atoms with Crippen molar-refractivity contribution >= 4 is 5.69 Å². The van der Waals surface area contributed by atoms with Gasteiger partial charge in [-0.2, -0.15) is 5.10 Å². The Bertz CT molecular complexity index is 1160. The van der Waals surface area contributed by atoms with E-state index in [1.807, 2.05) is 30.3 Å². The Kier molecular flexibility index (Phi) is 6.60. The highest BCUT2D eigenvalue weighted by atomic mass is 16.5. The van der Waals surface area contributed by atoms with Gasteiger partial charge in [0, 0.05) is 24.3 Å². The highest BCUT2D eigenvalue weighted by Gasteiger charge is 2.26. The summed E-state index contributed by atoms with van der Waals surface area (Å²) in [6.07, 6.45) is 0. The van der Waals surface area contributed by atoms with Crippen molar-refractivity contribution in [2.45, 2.75) is 19.8 Å². The zero-order valence-corrected chi connectivity index (χ0v) is 19.7. The van der Waals surface area contributed by atoms with Gasteiger partial charge in [-0.3, -0.25) is 0 Å². The summed E-state index contributed by atoms with van der Waals surface area (Å²) in [4.78, 5) is 15.1. The Hall–Kier alpha value is -3.46. The minimum absolute atomic E-state index is 0.144. The third-order valence-corrected chi connectivity index (χ3v) is 5.85. The maximum absolute atomic E-state index is 12.8. The Morgan fingerprint density at radius 1 is 0.939 bits per heavy atom. The van der Waals surface area contributed by atoms with Gasteiger partial charge in [0.1, 0.15) is 0 Å². The molecule has 0 bridgehead atoms. The molecule has 2 aromatic carbocycles. The summed E-state index contributed by atoms with van der Waals surface area (Å²) in [6, 6.07) is 9.80. The summed E-state index contributed by atoms with van der Waals surface area (Å²) in [5.41, 5.74) is 3.01. The van der Waals surface area contributed by atoms with Crippen LogP contribution in [0.5, 0.6) is 17.2 Å². The molecular weight excluding hydrogens is 424 g/mol. The number of hydrogen-bond donors (Lipinski definition) is 1. The molecule has 4 rings (SSSR count). The molecule has 1 aliphatic heterocycles. The predicted octanol–water partition coefficient (Wildman–Crippen LogP) is 3.21. The van der Waals surface area contributed by atoms with Crippen LogP contribution in [0, 0.1) is 0 Å². The van der Waals surface area contributed by atoms with Gasteiger partial charge in [0.15, 0.2) is 17.3 Å². The third kappa shape index (κ3) is 4.16. The number of benzene rings is 2. The molecular formula is C24H30N4O5. The molecule has 33 heavy (non-hydrogen) atoms. The van der Waals surface area contributed by atoms with Crippen LogP contribution in [-0.4, -0.2) is 62.4 Å². The van der Waals surface area contributed by atoms with E-state index in [0.717, 1.165) is 24.3 Å². The SMILES string of the molecule is COc1c(-c2n[nH]c(=O)n2-c2ccc(N3CCOCC3)cc2)cc(C(C)C)c(OC)c1OC. The first-order valence-corrected chi connectivity index (χ1v) is 10.9. The van der Waals surface area contributed by atoms with Gasteiger partial charge in [0.05, 0.1) is 45.8 Å². The number of methoxy groups -OCH3 is 3. The quantitative estimate of drug-likeness (QED) is 0.586. The Morgan fingerprint density at radius 2 is 1.55 bits per heavy atom. The molecule has 1 fully saturated rings. The summed E-state index contributed by atoms with van der Waals surface area (Å²) in [6.45, 7) is 7.24. The number of nitrogens with one attached hydrogen (secondary N) is 1. The molecule has 176 valence electrons. The van der Waals surface area contributed by atoms with Gasteiger partial charge < -0.3 is 23.8 Å². The van der Waals surface area contributed by atoms with Gasteiger partial charge in [0.2, 0.25) is 5.75 Å². The standard InChI is InChI=1S/C24H30N4O5/c1-15(2)18-14-19(21(31-4)22(32-5)20(18)30-3)23-25-26-24(29)28(23)17-8-6-16(7-9-17)27-10-12-33-13-11-27/h6-9,14-15H,10-13H2,1-5H3,(H,26,29). The van der Waals surface area contributed by atoms with E-state index >= 15 is 0 Å². The van der Waals surface area contributed by atoms with E-state index in [-0.39, 0.29) is 11.6 Å². The summed E-state index contributed by atoms with van der Waals surface area (Å²) >= 11 is 0. The van der Waals surface area contributed by atoms with Crippen molar-refractivity contribution in [3.8, 4) is 34.3 Å². The molecule has 0 amide bonds. The maximum atomic E-state index is 12.8. The van der Waals surface area contributed by atoms with Crippen molar-refractivity contribution in [1.82, 2.24) is 14.8 Å². The minimum Gasteiger partial charge on any atom is -0.492 e. The first-order valence-electron chi connectivity index (χ1n) is 10.9. The van der Waals surface area contributed by atoms with Crippen LogP contribution in [0.4, 0.5) is 5.69 Å². The molecule has 0 aliphatic carbocycles. The van der Waals surface area contributed by atoms with E-state index in [4.69, 9.17) is 18.9 Å². The summed E-state index contributed by atoms with van der Waals surface area (Å²) in [5.74, 6) is 2.09. The molecule has 0 spiro atoms. The van der Waals surface area contributed by atoms with E-state index < -0.39 is 0 Å². The van der Waals surface area contributed by atoms with Gasteiger partial charge in [-0.15, -0.1) is 0 Å². The Balaban J connectivity index is 1.84. The maximum Gasteiger partial charge on any atom is 0.348 e. The van der Waals surface area contributed by atoms with Crippen molar-refractivity contribution in [2.24, 2.45) is 0 Å². The summed E-state index contributed by atoms with van der Waals surface area (Å²) in [7, 11) is 4.72. The number of anilines is 1. The molecule has 3 aromatic rings. The van der Waals surface area contributed by atoms with E-state index in [1.165, 1.54) is 4.57 Å². The second kappa shape index (κ2) is 9.58. The van der Waals surface area contributed by atoms with Crippen molar-refractivity contribution in [1.29, 1.82) is 0 Å². The van der Waals surface area contributed by atoms with Crippen molar-refractivity contribution < 1.29 is 18.9 Å². The van der Waals surface area contributed by atoms with Gasteiger partial charge in [-0.1, -0.05) is 13.8 Å². The molecule has 1 aromatic heterocycles. The number of hydrogen-bond acceptors (Lipinski definition) is 7. The zero-order chi connectivity index (χ0) is 23.5. The van der Waals surface area contributed by atoms with E-state index in [0.29, 0.717) is 47.5 Å². The van der Waals surface area contributed by atoms with Crippen LogP contribution in [0.25, 0.3) is 17.1 Å². The second-order valence-electron chi connectivity index (χ2n) is 8.07. The fourth-order valence-electron chi connectivity index (χ4n) is 4.19. The molecule has 1 N–H and O–H groups in total. The van der Waals surface area contributed by atoms with E-state index in [2.05, 4.69) is 28.9 Å². The molecule has 1 saturated heterocycles. The number of rotatable bonds is 7.